The molecule has 2 fully saturated rings. The van der Waals surface area contributed by atoms with Gasteiger partial charge in [-0.3, -0.25) is 14.9 Å². The molecule has 0 bridgehead atoms. The minimum atomic E-state index is -0.943. The molecule has 1 saturated carbocycles. The first-order chi connectivity index (χ1) is 12.9. The molecule has 2 aliphatic rings. The lowest BCUT2D eigenvalue weighted by molar-refractivity contribution is -0.155. The molecule has 1 aliphatic carbocycles. The van der Waals surface area contributed by atoms with E-state index < -0.39 is 24.1 Å². The second kappa shape index (κ2) is 10.1. The van der Waals surface area contributed by atoms with E-state index in [-0.39, 0.29) is 17.9 Å². The van der Waals surface area contributed by atoms with Gasteiger partial charge in [-0.25, -0.2) is 4.79 Å². The van der Waals surface area contributed by atoms with Crippen molar-refractivity contribution in [3.8, 4) is 0 Å². The number of carbonyl (C=O) groups excluding carboxylic acids is 2. The fraction of sp³-hybridized carbons (Fsp3) is 0.850. The maximum Gasteiger partial charge on any atom is 0.328 e. The number of nitrogens with one attached hydrogen (secondary N) is 1. The quantitative estimate of drug-likeness (QED) is 0.594. The molecule has 2 rings (SSSR count). The number of nitrogens with zero attached hydrogens (tertiary/aromatic N) is 1. The predicted octanol–water partition coefficient (Wildman–Crippen LogP) is 2.33. The van der Waals surface area contributed by atoms with Crippen molar-refractivity contribution in [2.75, 3.05) is 6.61 Å². The first kappa shape index (κ1) is 21.7. The zero-order valence-electron chi connectivity index (χ0n) is 16.8. The highest BCUT2D eigenvalue weighted by atomic mass is 16.5. The summed E-state index contributed by atoms with van der Waals surface area (Å²) in [6.07, 6.45) is 6.93. The largest absolute Gasteiger partial charge is 0.480 e. The fourth-order valence-electron chi connectivity index (χ4n) is 4.51. The van der Waals surface area contributed by atoms with Gasteiger partial charge in [0.25, 0.3) is 0 Å². The molecule has 5 atom stereocenters. The van der Waals surface area contributed by atoms with E-state index in [1.54, 1.807) is 18.7 Å². The number of carbonyl (C=O) groups is 3. The number of fused-ring (bicyclic) bond motifs is 1. The van der Waals surface area contributed by atoms with Crippen LogP contribution >= 0.6 is 0 Å². The predicted molar refractivity (Wildman–Crippen MR) is 101 cm³/mol. The topological polar surface area (TPSA) is 95.9 Å². The van der Waals surface area contributed by atoms with Gasteiger partial charge in [-0.05, 0) is 45.4 Å². The van der Waals surface area contributed by atoms with Crippen molar-refractivity contribution >= 4 is 17.8 Å². The van der Waals surface area contributed by atoms with Gasteiger partial charge in [0.15, 0.2) is 0 Å². The number of hydrogen-bond donors (Lipinski definition) is 2. The number of aliphatic carboxylic acids is 1. The number of carboxylic acids is 1. The minimum absolute atomic E-state index is 0.0591. The van der Waals surface area contributed by atoms with Crippen molar-refractivity contribution in [1.82, 2.24) is 10.2 Å². The van der Waals surface area contributed by atoms with Crippen LogP contribution in [0.5, 0.6) is 0 Å². The standard InChI is InChI=1S/C20H34N2O5/c1-4-6-10-15(19(24)25)21-13(3)18(23)22-16-11-8-7-9-14(16)12-17(22)20(26)27-5-2/h13-17,21H,4-12H2,1-3H3,(H,24,25)/t13-,14+,15-,16+,17-/m1/s1. The molecule has 0 aromatic heterocycles. The highest BCUT2D eigenvalue weighted by Crippen LogP contribution is 2.40. The molecule has 2 N–H and O–H groups in total. The monoisotopic (exact) mass is 382 g/mol. The second-order valence-electron chi connectivity index (χ2n) is 7.78. The van der Waals surface area contributed by atoms with Crippen LogP contribution in [-0.2, 0) is 19.1 Å². The van der Waals surface area contributed by atoms with Gasteiger partial charge in [0.1, 0.15) is 12.1 Å². The van der Waals surface area contributed by atoms with Crippen molar-refractivity contribution in [3.05, 3.63) is 0 Å². The van der Waals surface area contributed by atoms with Crippen molar-refractivity contribution in [1.29, 1.82) is 0 Å². The molecule has 27 heavy (non-hydrogen) atoms. The van der Waals surface area contributed by atoms with E-state index in [1.807, 2.05) is 6.92 Å². The second-order valence-corrected chi connectivity index (χ2v) is 7.78. The zero-order chi connectivity index (χ0) is 20.0. The fourth-order valence-corrected chi connectivity index (χ4v) is 4.51. The summed E-state index contributed by atoms with van der Waals surface area (Å²) >= 11 is 0. The summed E-state index contributed by atoms with van der Waals surface area (Å²) in [5.74, 6) is -1.14. The van der Waals surface area contributed by atoms with Gasteiger partial charge in [0, 0.05) is 6.04 Å². The minimum Gasteiger partial charge on any atom is -0.480 e. The summed E-state index contributed by atoms with van der Waals surface area (Å²) in [6.45, 7) is 5.76. The highest BCUT2D eigenvalue weighted by molar-refractivity contribution is 5.89. The van der Waals surface area contributed by atoms with E-state index in [0.717, 1.165) is 38.5 Å². The Morgan fingerprint density at radius 1 is 1.22 bits per heavy atom. The molecule has 1 saturated heterocycles. The first-order valence-corrected chi connectivity index (χ1v) is 10.4. The van der Waals surface area contributed by atoms with E-state index in [4.69, 9.17) is 4.74 Å². The molecule has 0 aromatic rings. The average molecular weight is 383 g/mol. The average Bonchev–Trinajstić information content (AvgIpc) is 3.03. The van der Waals surface area contributed by atoms with Crippen LogP contribution in [0.4, 0.5) is 0 Å². The lowest BCUT2D eigenvalue weighted by Crippen LogP contribution is -2.55. The van der Waals surface area contributed by atoms with E-state index in [9.17, 15) is 19.5 Å². The van der Waals surface area contributed by atoms with Gasteiger partial charge < -0.3 is 14.7 Å². The molecule has 154 valence electrons. The third-order valence-corrected chi connectivity index (χ3v) is 5.87. The lowest BCUT2D eigenvalue weighted by atomic mass is 9.84. The maximum absolute atomic E-state index is 13.2. The Hall–Kier alpha value is -1.63. The molecule has 0 aromatic carbocycles. The van der Waals surface area contributed by atoms with Gasteiger partial charge in [0.2, 0.25) is 5.91 Å². The molecule has 0 spiro atoms. The summed E-state index contributed by atoms with van der Waals surface area (Å²) in [5.41, 5.74) is 0. The third kappa shape index (κ3) is 5.21. The SMILES string of the molecule is CCCC[C@@H](N[C@H](C)C(=O)N1[C@@H](C(=O)OCC)C[C@@H]2CCCC[C@@H]21)C(=O)O. The molecule has 0 radical (unpaired) electrons. The number of esters is 1. The smallest absolute Gasteiger partial charge is 0.328 e. The molecule has 1 aliphatic heterocycles. The summed E-state index contributed by atoms with van der Waals surface area (Å²) in [4.78, 5) is 38.9. The number of hydrogen-bond acceptors (Lipinski definition) is 5. The molecule has 1 heterocycles. The number of amides is 1. The Balaban J connectivity index is 2.13. The number of rotatable bonds is 9. The van der Waals surface area contributed by atoms with Crippen LogP contribution in [0.3, 0.4) is 0 Å². The Labute approximate surface area is 161 Å². The molecule has 1 amide bonds. The van der Waals surface area contributed by atoms with E-state index in [1.165, 1.54) is 0 Å². The molecular weight excluding hydrogens is 348 g/mol. The number of carboxylic acid groups (broad SMARTS) is 1. The van der Waals surface area contributed by atoms with Crippen molar-refractivity contribution in [2.45, 2.75) is 96.3 Å². The third-order valence-electron chi connectivity index (χ3n) is 5.87. The van der Waals surface area contributed by atoms with Gasteiger partial charge in [-0.2, -0.15) is 0 Å². The molecular formula is C20H34N2O5. The Morgan fingerprint density at radius 2 is 1.93 bits per heavy atom. The van der Waals surface area contributed by atoms with Crippen molar-refractivity contribution < 1.29 is 24.2 Å². The van der Waals surface area contributed by atoms with Gasteiger partial charge in [0.05, 0.1) is 12.6 Å². The molecule has 7 nitrogen and oxygen atoms in total. The van der Waals surface area contributed by atoms with Gasteiger partial charge >= 0.3 is 11.9 Å². The Morgan fingerprint density at radius 3 is 2.56 bits per heavy atom. The number of unbranched alkanes of at least 4 members (excludes halogenated alkanes) is 1. The van der Waals surface area contributed by atoms with E-state index >= 15 is 0 Å². The van der Waals surface area contributed by atoms with Crippen LogP contribution in [0.15, 0.2) is 0 Å². The van der Waals surface area contributed by atoms with Crippen molar-refractivity contribution in [2.24, 2.45) is 5.92 Å². The normalized spacial score (nSPS) is 26.9. The summed E-state index contributed by atoms with van der Waals surface area (Å²) in [7, 11) is 0. The van der Waals surface area contributed by atoms with Crippen LogP contribution in [0.1, 0.15) is 72.1 Å². The number of ether oxygens (including phenoxy) is 1. The van der Waals surface area contributed by atoms with Crippen LogP contribution < -0.4 is 5.32 Å². The Bertz CT molecular complexity index is 538. The Kier molecular flexibility index (Phi) is 8.07. The molecule has 7 heteroatoms. The summed E-state index contributed by atoms with van der Waals surface area (Å²) < 4.78 is 5.22. The van der Waals surface area contributed by atoms with E-state index in [2.05, 4.69) is 5.32 Å². The first-order valence-electron chi connectivity index (χ1n) is 10.4. The van der Waals surface area contributed by atoms with Crippen LogP contribution in [0.25, 0.3) is 0 Å². The summed E-state index contributed by atoms with van der Waals surface area (Å²) in [6, 6.07) is -1.90. The van der Waals surface area contributed by atoms with Gasteiger partial charge in [-0.1, -0.05) is 32.6 Å². The van der Waals surface area contributed by atoms with E-state index in [0.29, 0.717) is 25.4 Å². The van der Waals surface area contributed by atoms with Crippen LogP contribution in [0.2, 0.25) is 0 Å². The van der Waals surface area contributed by atoms with Crippen molar-refractivity contribution in [3.63, 3.8) is 0 Å². The van der Waals surface area contributed by atoms with Gasteiger partial charge in [-0.15, -0.1) is 0 Å². The highest BCUT2D eigenvalue weighted by Gasteiger charge is 2.49. The lowest BCUT2D eigenvalue weighted by Gasteiger charge is -2.35. The van der Waals surface area contributed by atoms with Crippen LogP contribution in [-0.4, -0.2) is 58.6 Å². The summed E-state index contributed by atoms with van der Waals surface area (Å²) in [5, 5.41) is 12.4. The zero-order valence-corrected chi connectivity index (χ0v) is 16.8. The maximum atomic E-state index is 13.2. The number of likely N-dealkylation sites (tertiary alicyclic amines) is 1. The molecule has 0 unspecified atom stereocenters. The van der Waals surface area contributed by atoms with Crippen LogP contribution in [0, 0.1) is 5.92 Å².